The van der Waals surface area contributed by atoms with Crippen molar-refractivity contribution in [3.8, 4) is 0 Å². The molecule has 0 radical (unpaired) electrons. The molecule has 0 unspecified atom stereocenters. The SMILES string of the molecule is CC(C)=CCC[C@]1(C)C[C@H]2[C@H](CC[C@@H]2C)[C@@H](CO[Si](C)(C)C(C)(C)C)CCC1=O. The van der Waals surface area contributed by atoms with Gasteiger partial charge in [0.2, 0.25) is 0 Å². The summed E-state index contributed by atoms with van der Waals surface area (Å²) in [5.74, 6) is 3.23. The van der Waals surface area contributed by atoms with Gasteiger partial charge < -0.3 is 4.43 Å². The van der Waals surface area contributed by atoms with Gasteiger partial charge in [-0.1, -0.05) is 52.7 Å². The van der Waals surface area contributed by atoms with Crippen LogP contribution >= 0.6 is 0 Å². The molecular weight excluding hydrogens is 372 g/mol. The number of fused-ring (bicyclic) bond motifs is 1. The van der Waals surface area contributed by atoms with E-state index in [0.717, 1.165) is 50.5 Å². The molecule has 3 heteroatoms. The van der Waals surface area contributed by atoms with Crippen molar-refractivity contribution in [2.75, 3.05) is 6.61 Å². The summed E-state index contributed by atoms with van der Waals surface area (Å²) in [5, 5.41) is 0.246. The molecule has 2 aliphatic carbocycles. The minimum atomic E-state index is -1.74. The molecule has 0 bridgehead atoms. The maximum atomic E-state index is 13.3. The first-order chi connectivity index (χ1) is 13.3. The molecule has 168 valence electrons. The standard InChI is InChI=1S/C26H48O2Si/c1-19(2)11-10-16-26(7)17-23-20(3)12-14-22(23)21(13-15-24(26)27)18-28-29(8,9)25(4,5)6/h11,20-23H,10,12-18H2,1-9H3/t20-,21+,22+,23+,26+/m0/s1. The summed E-state index contributed by atoms with van der Waals surface area (Å²) in [6.07, 6.45) is 9.87. The first-order valence-corrected chi connectivity index (χ1v) is 15.0. The van der Waals surface area contributed by atoms with Gasteiger partial charge in [-0.15, -0.1) is 0 Å². The van der Waals surface area contributed by atoms with Crippen molar-refractivity contribution in [1.82, 2.24) is 0 Å². The largest absolute Gasteiger partial charge is 0.417 e. The fourth-order valence-corrected chi connectivity index (χ4v) is 6.43. The van der Waals surface area contributed by atoms with Crippen molar-refractivity contribution >= 4 is 14.1 Å². The van der Waals surface area contributed by atoms with E-state index in [0.29, 0.717) is 17.6 Å². The van der Waals surface area contributed by atoms with E-state index in [9.17, 15) is 4.79 Å². The monoisotopic (exact) mass is 420 g/mol. The molecule has 29 heavy (non-hydrogen) atoms. The second kappa shape index (κ2) is 9.38. The molecule has 5 atom stereocenters. The molecule has 0 aliphatic heterocycles. The Bertz CT molecular complexity index is 596. The molecule has 0 amide bonds. The molecule has 0 aromatic carbocycles. The van der Waals surface area contributed by atoms with Crippen LogP contribution in [0.3, 0.4) is 0 Å². The van der Waals surface area contributed by atoms with Crippen molar-refractivity contribution in [2.45, 2.75) is 112 Å². The van der Waals surface area contributed by atoms with Crippen LogP contribution in [0.2, 0.25) is 18.1 Å². The van der Waals surface area contributed by atoms with Crippen LogP contribution in [-0.4, -0.2) is 20.7 Å². The predicted octanol–water partition coefficient (Wildman–Crippen LogP) is 7.79. The van der Waals surface area contributed by atoms with E-state index in [-0.39, 0.29) is 10.5 Å². The average Bonchev–Trinajstić information content (AvgIpc) is 2.92. The fraction of sp³-hybridized carbons (Fsp3) is 0.885. The summed E-state index contributed by atoms with van der Waals surface area (Å²) >= 11 is 0. The number of carbonyl (C=O) groups is 1. The van der Waals surface area contributed by atoms with Crippen LogP contribution in [0.15, 0.2) is 11.6 Å². The van der Waals surface area contributed by atoms with Crippen LogP contribution in [0.25, 0.3) is 0 Å². The quantitative estimate of drug-likeness (QED) is 0.324. The van der Waals surface area contributed by atoms with Crippen LogP contribution in [-0.2, 0) is 9.22 Å². The van der Waals surface area contributed by atoms with Gasteiger partial charge in [-0.25, -0.2) is 0 Å². The third-order valence-corrected chi connectivity index (χ3v) is 13.2. The molecule has 2 saturated carbocycles. The molecule has 0 aromatic heterocycles. The number of allylic oxidation sites excluding steroid dienone is 2. The maximum Gasteiger partial charge on any atom is 0.191 e. The van der Waals surface area contributed by atoms with Crippen molar-refractivity contribution in [2.24, 2.45) is 29.1 Å². The van der Waals surface area contributed by atoms with Crippen molar-refractivity contribution in [3.05, 3.63) is 11.6 Å². The molecule has 0 N–H and O–H groups in total. The number of rotatable bonds is 6. The number of hydrogen-bond acceptors (Lipinski definition) is 2. The van der Waals surface area contributed by atoms with Gasteiger partial charge in [0, 0.05) is 18.4 Å². The predicted molar refractivity (Wildman–Crippen MR) is 128 cm³/mol. The highest BCUT2D eigenvalue weighted by molar-refractivity contribution is 6.74. The van der Waals surface area contributed by atoms with E-state index in [4.69, 9.17) is 4.43 Å². The molecule has 2 rings (SSSR count). The second-order valence-corrected chi connectivity index (χ2v) is 17.1. The van der Waals surface area contributed by atoms with Gasteiger partial charge in [-0.05, 0) is 87.8 Å². The Kier molecular flexibility index (Phi) is 8.04. The van der Waals surface area contributed by atoms with Gasteiger partial charge in [0.1, 0.15) is 5.78 Å². The average molecular weight is 421 g/mol. The first-order valence-electron chi connectivity index (χ1n) is 12.1. The van der Waals surface area contributed by atoms with E-state index in [1.807, 2.05) is 0 Å². The molecule has 0 heterocycles. The number of carbonyl (C=O) groups excluding carboxylic acids is 1. The highest BCUT2D eigenvalue weighted by Gasteiger charge is 2.47. The van der Waals surface area contributed by atoms with Crippen LogP contribution in [0.5, 0.6) is 0 Å². The summed E-state index contributed by atoms with van der Waals surface area (Å²) in [7, 11) is -1.74. The molecule has 2 nitrogen and oxygen atoms in total. The Morgan fingerprint density at radius 3 is 2.41 bits per heavy atom. The van der Waals surface area contributed by atoms with Crippen LogP contribution in [0, 0.1) is 29.1 Å². The van der Waals surface area contributed by atoms with Gasteiger partial charge in [-0.2, -0.15) is 0 Å². The first kappa shape index (κ1) is 24.9. The van der Waals surface area contributed by atoms with Gasteiger partial charge in [0.05, 0.1) is 0 Å². The van der Waals surface area contributed by atoms with Gasteiger partial charge in [0.25, 0.3) is 0 Å². The zero-order valence-corrected chi connectivity index (χ0v) is 21.9. The van der Waals surface area contributed by atoms with Crippen LogP contribution in [0.1, 0.15) is 93.4 Å². The smallest absolute Gasteiger partial charge is 0.191 e. The Balaban J connectivity index is 2.15. The summed E-state index contributed by atoms with van der Waals surface area (Å²) in [6, 6.07) is 0. The normalized spacial score (nSPS) is 33.8. The molecule has 0 spiro atoms. The fourth-order valence-electron chi connectivity index (χ4n) is 5.37. The van der Waals surface area contributed by atoms with Crippen molar-refractivity contribution in [3.63, 3.8) is 0 Å². The Labute approximate surface area is 182 Å². The summed E-state index contributed by atoms with van der Waals surface area (Å²) < 4.78 is 6.67. The molecular formula is C26H48O2Si. The Morgan fingerprint density at radius 2 is 1.83 bits per heavy atom. The van der Waals surface area contributed by atoms with E-state index in [1.54, 1.807) is 0 Å². The molecule has 0 aromatic rings. The minimum absolute atomic E-state index is 0.140. The second-order valence-electron chi connectivity index (χ2n) is 12.3. The van der Waals surface area contributed by atoms with Crippen molar-refractivity contribution < 1.29 is 9.22 Å². The molecule has 2 fully saturated rings. The topological polar surface area (TPSA) is 26.3 Å². The third kappa shape index (κ3) is 6.06. The zero-order valence-electron chi connectivity index (χ0n) is 20.9. The van der Waals surface area contributed by atoms with E-state index >= 15 is 0 Å². The lowest BCUT2D eigenvalue weighted by Gasteiger charge is -2.42. The minimum Gasteiger partial charge on any atom is -0.417 e. The van der Waals surface area contributed by atoms with E-state index < -0.39 is 8.32 Å². The summed E-state index contributed by atoms with van der Waals surface area (Å²) in [5.41, 5.74) is 1.22. The highest BCUT2D eigenvalue weighted by Crippen LogP contribution is 2.51. The Hall–Kier alpha value is -0.413. The summed E-state index contributed by atoms with van der Waals surface area (Å²) in [6.45, 7) is 21.5. The maximum absolute atomic E-state index is 13.3. The lowest BCUT2D eigenvalue weighted by atomic mass is 9.64. The lowest BCUT2D eigenvalue weighted by Crippen LogP contribution is -2.44. The van der Waals surface area contributed by atoms with Gasteiger partial charge >= 0.3 is 0 Å². The molecule has 2 aliphatic rings. The van der Waals surface area contributed by atoms with Gasteiger partial charge in [0.15, 0.2) is 8.32 Å². The number of hydrogen-bond donors (Lipinski definition) is 0. The highest BCUT2D eigenvalue weighted by atomic mass is 28.4. The lowest BCUT2D eigenvalue weighted by molar-refractivity contribution is -0.131. The summed E-state index contributed by atoms with van der Waals surface area (Å²) in [4.78, 5) is 13.3. The Morgan fingerprint density at radius 1 is 1.17 bits per heavy atom. The van der Waals surface area contributed by atoms with Gasteiger partial charge in [-0.3, -0.25) is 4.79 Å². The number of ketones is 1. The number of Topliss-reactive ketones (excluding diaryl/α,β-unsaturated/α-hetero) is 1. The van der Waals surface area contributed by atoms with Crippen LogP contribution < -0.4 is 0 Å². The van der Waals surface area contributed by atoms with Crippen molar-refractivity contribution in [1.29, 1.82) is 0 Å². The van der Waals surface area contributed by atoms with Crippen LogP contribution in [0.4, 0.5) is 0 Å². The molecule has 0 saturated heterocycles. The van der Waals surface area contributed by atoms with E-state index in [1.165, 1.54) is 18.4 Å². The third-order valence-electron chi connectivity index (χ3n) is 8.66. The van der Waals surface area contributed by atoms with E-state index in [2.05, 4.69) is 67.6 Å². The zero-order chi connectivity index (χ0) is 22.0.